The molecule has 0 saturated carbocycles. The summed E-state index contributed by atoms with van der Waals surface area (Å²) in [4.78, 5) is 12.5. The van der Waals surface area contributed by atoms with E-state index in [0.29, 0.717) is 30.6 Å². The number of nitrogens with zero attached hydrogens (tertiary/aromatic N) is 3. The topological polar surface area (TPSA) is 69.3 Å². The van der Waals surface area contributed by atoms with Crippen molar-refractivity contribution in [3.8, 4) is 11.6 Å². The van der Waals surface area contributed by atoms with Crippen LogP contribution in [0.1, 0.15) is 28.6 Å². The number of ether oxygens (including phenoxy) is 2. The Balaban J connectivity index is 1.58. The molecule has 174 valence electrons. The van der Waals surface area contributed by atoms with Crippen molar-refractivity contribution in [2.24, 2.45) is 5.16 Å². The fourth-order valence-corrected chi connectivity index (χ4v) is 4.47. The van der Waals surface area contributed by atoms with E-state index >= 15 is 0 Å². The normalized spacial score (nSPS) is 15.7. The van der Waals surface area contributed by atoms with Gasteiger partial charge in [-0.15, -0.1) is 0 Å². The second kappa shape index (κ2) is 9.38. The fraction of sp³-hybridized carbons (Fsp3) is 0.231. The SMILES string of the molecule is COc1ccc(CN2C(c3ccc(Br)c(OC)n3)=NOC[C@@H]2c2cc3c(C)cccc3o2)cc1. The van der Waals surface area contributed by atoms with E-state index in [1.807, 2.05) is 48.5 Å². The van der Waals surface area contributed by atoms with Gasteiger partial charge in [0.05, 0.1) is 18.7 Å². The Labute approximate surface area is 206 Å². The Morgan fingerprint density at radius 1 is 1.06 bits per heavy atom. The predicted octanol–water partition coefficient (Wildman–Crippen LogP) is 5.85. The number of pyridine rings is 1. The summed E-state index contributed by atoms with van der Waals surface area (Å²) in [7, 11) is 3.25. The fourth-order valence-electron chi connectivity index (χ4n) is 4.08. The van der Waals surface area contributed by atoms with Crippen LogP contribution in [0.2, 0.25) is 0 Å². The Kier molecular flexibility index (Phi) is 6.15. The van der Waals surface area contributed by atoms with E-state index in [-0.39, 0.29) is 6.04 Å². The second-order valence-electron chi connectivity index (χ2n) is 8.03. The summed E-state index contributed by atoms with van der Waals surface area (Å²) in [5.74, 6) is 2.71. The molecule has 5 rings (SSSR count). The summed E-state index contributed by atoms with van der Waals surface area (Å²) in [6.07, 6.45) is 0. The van der Waals surface area contributed by atoms with Crippen LogP contribution in [0.15, 0.2) is 74.7 Å². The molecule has 0 amide bonds. The quantitative estimate of drug-likeness (QED) is 0.317. The van der Waals surface area contributed by atoms with Gasteiger partial charge < -0.3 is 23.6 Å². The standard InChI is InChI=1S/C26H24BrN3O4/c1-16-5-4-6-23-19(16)13-24(34-23)22-15-33-29-25(21-12-11-20(27)26(28-21)32-3)30(22)14-17-7-9-18(31-2)10-8-17/h4-13,22H,14-15H2,1-3H3/t22-/m1/s1. The van der Waals surface area contributed by atoms with Crippen molar-refractivity contribution in [3.63, 3.8) is 0 Å². The highest BCUT2D eigenvalue weighted by Gasteiger charge is 2.33. The number of furan rings is 1. The van der Waals surface area contributed by atoms with E-state index in [0.717, 1.165) is 32.5 Å². The monoisotopic (exact) mass is 521 g/mol. The third-order valence-electron chi connectivity index (χ3n) is 5.91. The molecule has 1 atom stereocenters. The van der Waals surface area contributed by atoms with Crippen LogP contribution in [-0.4, -0.2) is 36.5 Å². The zero-order chi connectivity index (χ0) is 23.7. The van der Waals surface area contributed by atoms with Gasteiger partial charge in [0.25, 0.3) is 0 Å². The van der Waals surface area contributed by atoms with Crippen molar-refractivity contribution in [2.45, 2.75) is 19.5 Å². The first-order valence-corrected chi connectivity index (χ1v) is 11.7. The molecule has 0 saturated heterocycles. The van der Waals surface area contributed by atoms with Crippen molar-refractivity contribution in [3.05, 3.63) is 87.7 Å². The molecule has 1 aliphatic heterocycles. The number of oxime groups is 1. The minimum absolute atomic E-state index is 0.196. The molecule has 2 aromatic heterocycles. The zero-order valence-corrected chi connectivity index (χ0v) is 20.7. The molecule has 0 radical (unpaired) electrons. The van der Waals surface area contributed by atoms with Gasteiger partial charge in [-0.3, -0.25) is 0 Å². The molecule has 2 aromatic carbocycles. The van der Waals surface area contributed by atoms with E-state index in [2.05, 4.69) is 50.0 Å². The Hall–Kier alpha value is -3.52. The minimum Gasteiger partial charge on any atom is -0.497 e. The maximum Gasteiger partial charge on any atom is 0.228 e. The van der Waals surface area contributed by atoms with Crippen LogP contribution in [0.3, 0.4) is 0 Å². The van der Waals surface area contributed by atoms with Crippen LogP contribution in [0.25, 0.3) is 11.0 Å². The van der Waals surface area contributed by atoms with Gasteiger partial charge in [0.2, 0.25) is 5.88 Å². The maximum atomic E-state index is 6.29. The lowest BCUT2D eigenvalue weighted by Gasteiger charge is -2.35. The van der Waals surface area contributed by atoms with Crippen LogP contribution in [0, 0.1) is 6.92 Å². The predicted molar refractivity (Wildman–Crippen MR) is 133 cm³/mol. The number of aromatic nitrogens is 1. The Morgan fingerprint density at radius 3 is 2.62 bits per heavy atom. The molecule has 0 fully saturated rings. The van der Waals surface area contributed by atoms with E-state index in [1.54, 1.807) is 14.2 Å². The molecular weight excluding hydrogens is 498 g/mol. The highest BCUT2D eigenvalue weighted by Crippen LogP contribution is 2.34. The van der Waals surface area contributed by atoms with Gasteiger partial charge in [-0.2, -0.15) is 0 Å². The summed E-state index contributed by atoms with van der Waals surface area (Å²) in [6.45, 7) is 3.01. The zero-order valence-electron chi connectivity index (χ0n) is 19.1. The number of methoxy groups -OCH3 is 2. The molecule has 34 heavy (non-hydrogen) atoms. The highest BCUT2D eigenvalue weighted by atomic mass is 79.9. The molecule has 0 N–H and O–H groups in total. The van der Waals surface area contributed by atoms with Crippen molar-refractivity contribution in [1.29, 1.82) is 0 Å². The lowest BCUT2D eigenvalue weighted by Crippen LogP contribution is -2.40. The number of amidine groups is 1. The first kappa shape index (κ1) is 22.3. The number of rotatable bonds is 6. The van der Waals surface area contributed by atoms with Gasteiger partial charge in [-0.05, 0) is 70.4 Å². The smallest absolute Gasteiger partial charge is 0.228 e. The van der Waals surface area contributed by atoms with E-state index in [1.165, 1.54) is 5.56 Å². The van der Waals surface area contributed by atoms with Crippen LogP contribution in [0.4, 0.5) is 0 Å². The molecule has 0 aliphatic carbocycles. The van der Waals surface area contributed by atoms with E-state index < -0.39 is 0 Å². The third-order valence-corrected chi connectivity index (χ3v) is 6.51. The van der Waals surface area contributed by atoms with E-state index in [9.17, 15) is 0 Å². The first-order valence-electron chi connectivity index (χ1n) is 10.9. The molecule has 3 heterocycles. The second-order valence-corrected chi connectivity index (χ2v) is 8.88. The number of halogens is 1. The van der Waals surface area contributed by atoms with Crippen LogP contribution >= 0.6 is 15.9 Å². The molecule has 4 aromatic rings. The Bertz CT molecular complexity index is 1350. The highest BCUT2D eigenvalue weighted by molar-refractivity contribution is 9.10. The van der Waals surface area contributed by atoms with Gasteiger partial charge in [-0.1, -0.05) is 29.4 Å². The van der Waals surface area contributed by atoms with Gasteiger partial charge in [-0.25, -0.2) is 4.98 Å². The average molecular weight is 522 g/mol. The summed E-state index contributed by atoms with van der Waals surface area (Å²) in [5.41, 5.74) is 3.76. The summed E-state index contributed by atoms with van der Waals surface area (Å²) in [6, 6.07) is 19.7. The molecular formula is C26H24BrN3O4. The van der Waals surface area contributed by atoms with Crippen LogP contribution < -0.4 is 9.47 Å². The number of fused-ring (bicyclic) bond motifs is 1. The van der Waals surface area contributed by atoms with Gasteiger partial charge in [0, 0.05) is 11.9 Å². The largest absolute Gasteiger partial charge is 0.497 e. The molecule has 8 heteroatoms. The van der Waals surface area contributed by atoms with Crippen molar-refractivity contribution >= 4 is 32.7 Å². The average Bonchev–Trinajstić information content (AvgIpc) is 3.31. The summed E-state index contributed by atoms with van der Waals surface area (Å²) in [5, 5.41) is 5.50. The van der Waals surface area contributed by atoms with Crippen molar-refractivity contribution in [2.75, 3.05) is 20.8 Å². The molecule has 7 nitrogen and oxygen atoms in total. The van der Waals surface area contributed by atoms with Gasteiger partial charge >= 0.3 is 0 Å². The summed E-state index contributed by atoms with van der Waals surface area (Å²) >= 11 is 3.47. The molecule has 0 spiro atoms. The molecule has 0 unspecified atom stereocenters. The summed E-state index contributed by atoms with van der Waals surface area (Å²) < 4.78 is 17.8. The lowest BCUT2D eigenvalue weighted by molar-refractivity contribution is 0.0500. The van der Waals surface area contributed by atoms with Crippen molar-refractivity contribution < 1.29 is 18.7 Å². The number of hydrogen-bond acceptors (Lipinski definition) is 7. The number of aryl methyl sites for hydroxylation is 1. The van der Waals surface area contributed by atoms with Crippen LogP contribution in [-0.2, 0) is 11.4 Å². The van der Waals surface area contributed by atoms with E-state index in [4.69, 9.17) is 18.7 Å². The number of hydrogen-bond donors (Lipinski definition) is 0. The lowest BCUT2D eigenvalue weighted by atomic mass is 10.1. The van der Waals surface area contributed by atoms with Crippen molar-refractivity contribution in [1.82, 2.24) is 9.88 Å². The first-order chi connectivity index (χ1) is 16.6. The maximum absolute atomic E-state index is 6.29. The third kappa shape index (κ3) is 4.21. The number of benzene rings is 2. The van der Waals surface area contributed by atoms with Gasteiger partial charge in [0.15, 0.2) is 5.84 Å². The van der Waals surface area contributed by atoms with Crippen LogP contribution in [0.5, 0.6) is 11.6 Å². The molecule has 0 bridgehead atoms. The minimum atomic E-state index is -0.196. The Morgan fingerprint density at radius 2 is 1.88 bits per heavy atom. The van der Waals surface area contributed by atoms with Gasteiger partial charge in [0.1, 0.15) is 35.4 Å². The molecule has 1 aliphatic rings.